The second-order valence-electron chi connectivity index (χ2n) is 4.02. The van der Waals surface area contributed by atoms with Crippen LogP contribution in [-0.4, -0.2) is 19.8 Å². The molecule has 0 spiro atoms. The van der Waals surface area contributed by atoms with Crippen LogP contribution in [0.4, 0.5) is 4.39 Å². The lowest BCUT2D eigenvalue weighted by Gasteiger charge is -2.02. The molecule has 0 saturated carbocycles. The quantitative estimate of drug-likeness (QED) is 0.733. The third kappa shape index (κ3) is 2.37. The average Bonchev–Trinajstić information content (AvgIpc) is 2.86. The SMILES string of the molecule is Cc1nnc2sc(COc3ccc(F)cc3)nn2c1=O. The maximum Gasteiger partial charge on any atom is 0.296 e. The first-order valence-electron chi connectivity index (χ1n) is 5.74. The number of halogens is 1. The summed E-state index contributed by atoms with van der Waals surface area (Å²) < 4.78 is 19.4. The Morgan fingerprint density at radius 3 is 2.80 bits per heavy atom. The van der Waals surface area contributed by atoms with Gasteiger partial charge in [-0.3, -0.25) is 4.79 Å². The van der Waals surface area contributed by atoms with Gasteiger partial charge in [-0.15, -0.1) is 10.2 Å². The molecule has 0 radical (unpaired) electrons. The number of aromatic nitrogens is 4. The van der Waals surface area contributed by atoms with E-state index in [0.29, 0.717) is 21.4 Å². The molecule has 0 N–H and O–H groups in total. The molecule has 0 unspecified atom stereocenters. The van der Waals surface area contributed by atoms with E-state index in [1.165, 1.54) is 40.1 Å². The van der Waals surface area contributed by atoms with Crippen molar-refractivity contribution in [2.75, 3.05) is 0 Å². The number of hydrogen-bond acceptors (Lipinski definition) is 6. The van der Waals surface area contributed by atoms with Gasteiger partial charge >= 0.3 is 0 Å². The summed E-state index contributed by atoms with van der Waals surface area (Å²) in [7, 11) is 0. The van der Waals surface area contributed by atoms with E-state index in [1.54, 1.807) is 6.92 Å². The highest BCUT2D eigenvalue weighted by molar-refractivity contribution is 7.16. The van der Waals surface area contributed by atoms with Crippen molar-refractivity contribution < 1.29 is 9.13 Å². The molecule has 0 saturated heterocycles. The van der Waals surface area contributed by atoms with E-state index in [4.69, 9.17) is 4.74 Å². The molecule has 0 bridgehead atoms. The van der Waals surface area contributed by atoms with Gasteiger partial charge in [-0.25, -0.2) is 4.39 Å². The number of ether oxygens (including phenoxy) is 1. The number of nitrogens with zero attached hydrogens (tertiary/aromatic N) is 4. The first-order valence-corrected chi connectivity index (χ1v) is 6.55. The van der Waals surface area contributed by atoms with E-state index in [1.807, 2.05) is 0 Å². The number of benzene rings is 1. The fourth-order valence-electron chi connectivity index (χ4n) is 1.57. The molecule has 20 heavy (non-hydrogen) atoms. The molecule has 0 aliphatic rings. The lowest BCUT2D eigenvalue weighted by Crippen LogP contribution is -2.19. The van der Waals surface area contributed by atoms with Crippen LogP contribution in [0.1, 0.15) is 10.7 Å². The summed E-state index contributed by atoms with van der Waals surface area (Å²) in [6.45, 7) is 1.76. The molecule has 1 aromatic carbocycles. The normalized spacial score (nSPS) is 10.9. The molecule has 0 fully saturated rings. The Hall–Kier alpha value is -2.35. The number of rotatable bonds is 3. The van der Waals surface area contributed by atoms with Crippen molar-refractivity contribution in [1.29, 1.82) is 0 Å². The van der Waals surface area contributed by atoms with Gasteiger partial charge in [0, 0.05) is 0 Å². The smallest absolute Gasteiger partial charge is 0.296 e. The molecular formula is C12H9FN4O2S. The van der Waals surface area contributed by atoms with Crippen LogP contribution in [0.2, 0.25) is 0 Å². The molecule has 8 heteroatoms. The van der Waals surface area contributed by atoms with Crippen molar-refractivity contribution in [3.8, 4) is 5.75 Å². The third-order valence-corrected chi connectivity index (χ3v) is 3.44. The van der Waals surface area contributed by atoms with Crippen LogP contribution in [0.15, 0.2) is 29.1 Å². The average molecular weight is 292 g/mol. The fourth-order valence-corrected chi connectivity index (χ4v) is 2.31. The van der Waals surface area contributed by atoms with Crippen molar-refractivity contribution in [3.63, 3.8) is 0 Å². The van der Waals surface area contributed by atoms with Gasteiger partial charge in [0.15, 0.2) is 5.01 Å². The van der Waals surface area contributed by atoms with Gasteiger partial charge in [0.1, 0.15) is 23.9 Å². The standard InChI is InChI=1S/C12H9FN4O2S/c1-7-11(18)17-12(15-14-7)20-10(16-17)6-19-9-4-2-8(13)3-5-9/h2-5H,6H2,1H3. The summed E-state index contributed by atoms with van der Waals surface area (Å²) in [6, 6.07) is 5.68. The minimum atomic E-state index is -0.324. The van der Waals surface area contributed by atoms with Gasteiger partial charge in [-0.2, -0.15) is 9.61 Å². The molecule has 3 rings (SSSR count). The van der Waals surface area contributed by atoms with Crippen LogP contribution < -0.4 is 10.3 Å². The van der Waals surface area contributed by atoms with Crippen molar-refractivity contribution in [2.24, 2.45) is 0 Å². The van der Waals surface area contributed by atoms with Gasteiger partial charge in [0.05, 0.1) is 0 Å². The lowest BCUT2D eigenvalue weighted by atomic mass is 10.3. The van der Waals surface area contributed by atoms with Gasteiger partial charge in [0.2, 0.25) is 4.96 Å². The second kappa shape index (κ2) is 4.97. The minimum absolute atomic E-state index is 0.179. The Labute approximate surface area is 116 Å². The van der Waals surface area contributed by atoms with E-state index in [2.05, 4.69) is 15.3 Å². The zero-order chi connectivity index (χ0) is 14.1. The Morgan fingerprint density at radius 2 is 2.05 bits per heavy atom. The Kier molecular flexibility index (Phi) is 3.15. The number of hydrogen-bond donors (Lipinski definition) is 0. The zero-order valence-corrected chi connectivity index (χ0v) is 11.2. The van der Waals surface area contributed by atoms with E-state index >= 15 is 0 Å². The van der Waals surface area contributed by atoms with Crippen LogP contribution >= 0.6 is 11.3 Å². The van der Waals surface area contributed by atoms with Crippen molar-refractivity contribution in [3.05, 3.63) is 51.1 Å². The molecular weight excluding hydrogens is 283 g/mol. The Balaban J connectivity index is 1.83. The predicted molar refractivity (Wildman–Crippen MR) is 70.4 cm³/mol. The highest BCUT2D eigenvalue weighted by atomic mass is 32.1. The van der Waals surface area contributed by atoms with Crippen molar-refractivity contribution >= 4 is 16.3 Å². The maximum absolute atomic E-state index is 12.8. The van der Waals surface area contributed by atoms with E-state index < -0.39 is 0 Å². The molecule has 2 heterocycles. The Bertz CT molecular complexity index is 812. The van der Waals surface area contributed by atoms with E-state index in [9.17, 15) is 9.18 Å². The molecule has 102 valence electrons. The highest BCUT2D eigenvalue weighted by Crippen LogP contribution is 2.16. The molecule has 0 atom stereocenters. The Morgan fingerprint density at radius 1 is 1.30 bits per heavy atom. The molecule has 6 nitrogen and oxygen atoms in total. The maximum atomic E-state index is 12.8. The van der Waals surface area contributed by atoms with Gasteiger partial charge < -0.3 is 4.74 Å². The summed E-state index contributed by atoms with van der Waals surface area (Å²) in [6.07, 6.45) is 0. The lowest BCUT2D eigenvalue weighted by molar-refractivity contribution is 0.303. The van der Waals surface area contributed by atoms with Crippen LogP contribution in [0.3, 0.4) is 0 Å². The van der Waals surface area contributed by atoms with E-state index in [-0.39, 0.29) is 18.0 Å². The number of aryl methyl sites for hydroxylation is 1. The third-order valence-electron chi connectivity index (χ3n) is 2.57. The van der Waals surface area contributed by atoms with Crippen LogP contribution in [-0.2, 0) is 6.61 Å². The highest BCUT2D eigenvalue weighted by Gasteiger charge is 2.09. The van der Waals surface area contributed by atoms with Gasteiger partial charge in [-0.1, -0.05) is 11.3 Å². The molecule has 0 aliphatic heterocycles. The summed E-state index contributed by atoms with van der Waals surface area (Å²) in [4.78, 5) is 12.2. The largest absolute Gasteiger partial charge is 0.486 e. The summed E-state index contributed by atoms with van der Waals surface area (Å²) in [5, 5.41) is 12.4. The van der Waals surface area contributed by atoms with Crippen LogP contribution in [0.5, 0.6) is 5.75 Å². The first-order chi connectivity index (χ1) is 9.63. The van der Waals surface area contributed by atoms with Crippen molar-refractivity contribution in [1.82, 2.24) is 19.8 Å². The second-order valence-corrected chi connectivity index (χ2v) is 5.06. The number of fused-ring (bicyclic) bond motifs is 1. The molecule has 2 aromatic heterocycles. The molecule has 0 amide bonds. The van der Waals surface area contributed by atoms with Crippen LogP contribution in [0, 0.1) is 12.7 Å². The summed E-state index contributed by atoms with van der Waals surface area (Å²) in [5.41, 5.74) is -0.00177. The minimum Gasteiger partial charge on any atom is -0.486 e. The van der Waals surface area contributed by atoms with Gasteiger partial charge in [0.25, 0.3) is 5.56 Å². The zero-order valence-electron chi connectivity index (χ0n) is 10.4. The van der Waals surface area contributed by atoms with Crippen LogP contribution in [0.25, 0.3) is 4.96 Å². The van der Waals surface area contributed by atoms with Crippen molar-refractivity contribution in [2.45, 2.75) is 13.5 Å². The van der Waals surface area contributed by atoms with E-state index in [0.717, 1.165) is 0 Å². The fraction of sp³-hybridized carbons (Fsp3) is 0.167. The monoisotopic (exact) mass is 292 g/mol. The summed E-state index contributed by atoms with van der Waals surface area (Å²) >= 11 is 1.22. The predicted octanol–water partition coefficient (Wildman–Crippen LogP) is 1.57. The molecule has 0 aliphatic carbocycles. The summed E-state index contributed by atoms with van der Waals surface area (Å²) in [5.74, 6) is 0.204. The first kappa shape index (κ1) is 12.7. The molecule has 3 aromatic rings. The van der Waals surface area contributed by atoms with Gasteiger partial charge in [-0.05, 0) is 31.2 Å². The topological polar surface area (TPSA) is 69.4 Å².